The first-order chi connectivity index (χ1) is 9.81. The average molecular weight is 300 g/mol. The van der Waals surface area contributed by atoms with Crippen molar-refractivity contribution in [3.63, 3.8) is 0 Å². The van der Waals surface area contributed by atoms with Gasteiger partial charge in [0.25, 0.3) is 0 Å². The highest BCUT2D eigenvalue weighted by Crippen LogP contribution is 2.30. The van der Waals surface area contributed by atoms with Crippen LogP contribution in [0, 0.1) is 5.92 Å². The predicted octanol–water partition coefficient (Wildman–Crippen LogP) is 0.546. The zero-order chi connectivity index (χ0) is 15.7. The summed E-state index contributed by atoms with van der Waals surface area (Å²) in [6, 6.07) is 0.677. The summed E-state index contributed by atoms with van der Waals surface area (Å²) in [6.45, 7) is 4.77. The van der Waals surface area contributed by atoms with Crippen molar-refractivity contribution in [2.75, 3.05) is 27.7 Å². The van der Waals surface area contributed by atoms with Gasteiger partial charge in [0.1, 0.15) is 0 Å². The molecule has 5 heteroatoms. The highest BCUT2D eigenvalue weighted by atomic mass is 16.5. The topological polar surface area (TPSA) is 56.2 Å². The van der Waals surface area contributed by atoms with Crippen molar-refractivity contribution in [1.82, 2.24) is 9.80 Å². The third-order valence-electron chi connectivity index (χ3n) is 4.93. The second kappa shape index (κ2) is 6.92. The summed E-state index contributed by atoms with van der Waals surface area (Å²) in [5.74, 6) is 0.235. The maximum atomic E-state index is 10.5. The van der Waals surface area contributed by atoms with Crippen LogP contribution in [-0.4, -0.2) is 84.2 Å². The molecule has 0 radical (unpaired) electrons. The molecule has 2 N–H and O–H groups in total. The van der Waals surface area contributed by atoms with Crippen molar-refractivity contribution in [1.29, 1.82) is 0 Å². The summed E-state index contributed by atoms with van der Waals surface area (Å²) in [7, 11) is 6.04. The maximum absolute atomic E-state index is 10.5. The summed E-state index contributed by atoms with van der Waals surface area (Å²) in [4.78, 5) is 4.28. The van der Waals surface area contributed by atoms with Gasteiger partial charge in [-0.1, -0.05) is 13.8 Å². The Kier molecular flexibility index (Phi) is 5.65. The van der Waals surface area contributed by atoms with E-state index in [0.717, 1.165) is 0 Å². The number of likely N-dealkylation sites (N-methyl/N-ethyl adjacent to an activating group) is 2. The van der Waals surface area contributed by atoms with Gasteiger partial charge in [-0.05, 0) is 46.3 Å². The Hall–Kier alpha value is -0.200. The van der Waals surface area contributed by atoms with Crippen molar-refractivity contribution in [2.24, 2.45) is 5.92 Å². The van der Waals surface area contributed by atoms with E-state index in [0.29, 0.717) is 19.0 Å². The van der Waals surface area contributed by atoms with E-state index in [1.807, 2.05) is 19.0 Å². The van der Waals surface area contributed by atoms with E-state index < -0.39 is 12.2 Å². The molecule has 0 aromatic rings. The van der Waals surface area contributed by atoms with E-state index in [9.17, 15) is 10.2 Å². The standard InChI is InChI=1S/C16H32N2O3/c1-10(2)16-15(20)12(17(3)4)8-14(21-16)13(19)9-18(5)11-6-7-11/h10-16,19-20H,6-9H2,1-5H3/t12?,13?,14-,15?,16+/m1/s1. The van der Waals surface area contributed by atoms with Gasteiger partial charge in [0.15, 0.2) is 0 Å². The molecule has 1 saturated heterocycles. The van der Waals surface area contributed by atoms with E-state index >= 15 is 0 Å². The lowest BCUT2D eigenvalue weighted by molar-refractivity contribution is -0.190. The molecule has 2 fully saturated rings. The second-order valence-corrected chi connectivity index (χ2v) is 7.38. The lowest BCUT2D eigenvalue weighted by Crippen LogP contribution is -2.58. The minimum absolute atomic E-state index is 0.0389. The zero-order valence-corrected chi connectivity index (χ0v) is 14.1. The molecule has 124 valence electrons. The Morgan fingerprint density at radius 3 is 2.29 bits per heavy atom. The first-order valence-electron chi connectivity index (χ1n) is 8.19. The fraction of sp³-hybridized carbons (Fsp3) is 1.00. The fourth-order valence-corrected chi connectivity index (χ4v) is 3.33. The molecule has 0 aromatic carbocycles. The molecule has 5 nitrogen and oxygen atoms in total. The number of aliphatic hydroxyl groups excluding tert-OH is 2. The molecule has 1 aliphatic heterocycles. The summed E-state index contributed by atoms with van der Waals surface area (Å²) in [5.41, 5.74) is 0. The van der Waals surface area contributed by atoms with E-state index in [1.54, 1.807) is 0 Å². The summed E-state index contributed by atoms with van der Waals surface area (Å²) < 4.78 is 6.05. The Morgan fingerprint density at radius 1 is 1.19 bits per heavy atom. The molecule has 0 amide bonds. The molecule has 1 heterocycles. The van der Waals surface area contributed by atoms with Gasteiger partial charge in [0, 0.05) is 18.6 Å². The van der Waals surface area contributed by atoms with Crippen LogP contribution in [0.2, 0.25) is 0 Å². The first-order valence-corrected chi connectivity index (χ1v) is 8.19. The van der Waals surface area contributed by atoms with Crippen molar-refractivity contribution in [3.8, 4) is 0 Å². The van der Waals surface area contributed by atoms with Gasteiger partial charge in [-0.3, -0.25) is 0 Å². The Balaban J connectivity index is 2.00. The van der Waals surface area contributed by atoms with Gasteiger partial charge in [0.05, 0.1) is 24.4 Å². The molecule has 21 heavy (non-hydrogen) atoms. The third-order valence-corrected chi connectivity index (χ3v) is 4.93. The number of nitrogens with zero attached hydrogens (tertiary/aromatic N) is 2. The largest absolute Gasteiger partial charge is 0.389 e. The number of aliphatic hydroxyl groups is 2. The molecule has 5 atom stereocenters. The van der Waals surface area contributed by atoms with Crippen LogP contribution >= 0.6 is 0 Å². The number of hydrogen-bond donors (Lipinski definition) is 2. The van der Waals surface area contributed by atoms with E-state index in [1.165, 1.54) is 12.8 Å². The summed E-state index contributed by atoms with van der Waals surface area (Å²) in [6.07, 6.45) is 1.75. The first kappa shape index (κ1) is 17.2. The molecule has 2 aliphatic rings. The third kappa shape index (κ3) is 4.17. The molecule has 1 saturated carbocycles. The number of hydrogen-bond acceptors (Lipinski definition) is 5. The van der Waals surface area contributed by atoms with Crippen molar-refractivity contribution in [2.45, 2.75) is 69.6 Å². The van der Waals surface area contributed by atoms with Crippen LogP contribution in [-0.2, 0) is 4.74 Å². The molecular formula is C16H32N2O3. The highest BCUT2D eigenvalue weighted by Gasteiger charge is 2.42. The monoisotopic (exact) mass is 300 g/mol. The average Bonchev–Trinajstić information content (AvgIpc) is 3.22. The van der Waals surface area contributed by atoms with Gasteiger partial charge in [-0.2, -0.15) is 0 Å². The van der Waals surface area contributed by atoms with E-state index in [-0.39, 0.29) is 24.2 Å². The van der Waals surface area contributed by atoms with Crippen molar-refractivity contribution < 1.29 is 14.9 Å². The summed E-state index contributed by atoms with van der Waals surface area (Å²) >= 11 is 0. The van der Waals surface area contributed by atoms with Crippen LogP contribution in [0.15, 0.2) is 0 Å². The molecule has 3 unspecified atom stereocenters. The quantitative estimate of drug-likeness (QED) is 0.750. The van der Waals surface area contributed by atoms with Crippen molar-refractivity contribution >= 4 is 0 Å². The zero-order valence-electron chi connectivity index (χ0n) is 14.1. The van der Waals surface area contributed by atoms with Crippen LogP contribution in [0.3, 0.4) is 0 Å². The number of ether oxygens (including phenoxy) is 1. The molecule has 0 bridgehead atoms. The lowest BCUT2D eigenvalue weighted by Gasteiger charge is -2.45. The minimum Gasteiger partial charge on any atom is -0.389 e. The van der Waals surface area contributed by atoms with E-state index in [4.69, 9.17) is 4.74 Å². The van der Waals surface area contributed by atoms with Gasteiger partial charge in [-0.25, -0.2) is 0 Å². The lowest BCUT2D eigenvalue weighted by atomic mass is 9.87. The molecule has 0 aromatic heterocycles. The van der Waals surface area contributed by atoms with Crippen molar-refractivity contribution in [3.05, 3.63) is 0 Å². The van der Waals surface area contributed by atoms with Gasteiger partial charge < -0.3 is 24.7 Å². The normalized spacial score (nSPS) is 35.7. The van der Waals surface area contributed by atoms with Gasteiger partial charge in [0.2, 0.25) is 0 Å². The Labute approximate surface area is 128 Å². The van der Waals surface area contributed by atoms with Gasteiger partial charge >= 0.3 is 0 Å². The van der Waals surface area contributed by atoms with E-state index in [2.05, 4.69) is 25.8 Å². The smallest absolute Gasteiger partial charge is 0.0959 e. The molecule has 0 spiro atoms. The second-order valence-electron chi connectivity index (χ2n) is 7.38. The fourth-order valence-electron chi connectivity index (χ4n) is 3.33. The summed E-state index contributed by atoms with van der Waals surface area (Å²) in [5, 5.41) is 21.0. The minimum atomic E-state index is -0.496. The van der Waals surface area contributed by atoms with Crippen LogP contribution in [0.4, 0.5) is 0 Å². The van der Waals surface area contributed by atoms with Crippen LogP contribution < -0.4 is 0 Å². The Bertz CT molecular complexity index is 315. The molecule has 1 aliphatic carbocycles. The molecule has 2 rings (SSSR count). The SMILES string of the molecule is CC(C)[C@@H]1O[C@@H](C(O)CN(C)C2CC2)CC(N(C)C)C1O. The molecular weight excluding hydrogens is 268 g/mol. The highest BCUT2D eigenvalue weighted by molar-refractivity contribution is 4.94. The van der Waals surface area contributed by atoms with Crippen LogP contribution in [0.5, 0.6) is 0 Å². The van der Waals surface area contributed by atoms with Crippen LogP contribution in [0.25, 0.3) is 0 Å². The van der Waals surface area contributed by atoms with Gasteiger partial charge in [-0.15, -0.1) is 0 Å². The Morgan fingerprint density at radius 2 is 1.81 bits per heavy atom. The number of rotatable bonds is 6. The predicted molar refractivity (Wildman–Crippen MR) is 83.3 cm³/mol. The van der Waals surface area contributed by atoms with Crippen LogP contribution in [0.1, 0.15) is 33.1 Å². The maximum Gasteiger partial charge on any atom is 0.0959 e.